The molecule has 120 valence electrons. The predicted octanol–water partition coefficient (Wildman–Crippen LogP) is 1.55. The predicted molar refractivity (Wildman–Crippen MR) is 84.4 cm³/mol. The minimum absolute atomic E-state index is 0.0398. The summed E-state index contributed by atoms with van der Waals surface area (Å²) in [5.74, 6) is 0.736. The second-order valence-corrected chi connectivity index (χ2v) is 6.25. The number of likely N-dealkylation sites (tertiary alicyclic amines) is 2. The van der Waals surface area contributed by atoms with Crippen LogP contribution < -0.4 is 5.32 Å². The van der Waals surface area contributed by atoms with Crippen molar-refractivity contribution in [3.8, 4) is 0 Å². The van der Waals surface area contributed by atoms with E-state index in [0.717, 1.165) is 37.4 Å². The minimum Gasteiger partial charge on any atom is -0.332 e. The van der Waals surface area contributed by atoms with Gasteiger partial charge in [0.2, 0.25) is 0 Å². The Morgan fingerprint density at radius 1 is 1.32 bits per heavy atom. The van der Waals surface area contributed by atoms with Crippen LogP contribution in [0.25, 0.3) is 0 Å². The smallest absolute Gasteiger partial charge is 0.318 e. The van der Waals surface area contributed by atoms with Gasteiger partial charge in [-0.3, -0.25) is 0 Å². The lowest BCUT2D eigenvalue weighted by Gasteiger charge is -2.28. The van der Waals surface area contributed by atoms with Gasteiger partial charge in [-0.25, -0.2) is 14.8 Å². The summed E-state index contributed by atoms with van der Waals surface area (Å²) in [7, 11) is 0. The molecular weight excluding hydrogens is 278 g/mol. The molecule has 0 aromatic carbocycles. The lowest BCUT2D eigenvalue weighted by molar-refractivity contribution is 0.174. The summed E-state index contributed by atoms with van der Waals surface area (Å²) < 4.78 is 0. The molecule has 3 rings (SSSR count). The first kappa shape index (κ1) is 15.2. The second-order valence-electron chi connectivity index (χ2n) is 6.25. The van der Waals surface area contributed by atoms with Crippen molar-refractivity contribution < 1.29 is 4.79 Å². The minimum atomic E-state index is 0.0398. The topological polar surface area (TPSA) is 61.4 Å². The fraction of sp³-hybridized carbons (Fsp3) is 0.688. The molecule has 1 aromatic rings. The zero-order chi connectivity index (χ0) is 15.4. The maximum atomic E-state index is 12.4. The third-order valence-electron chi connectivity index (χ3n) is 4.56. The highest BCUT2D eigenvalue weighted by molar-refractivity contribution is 5.74. The largest absolute Gasteiger partial charge is 0.332 e. The third-order valence-corrected chi connectivity index (χ3v) is 4.56. The fourth-order valence-corrected chi connectivity index (χ4v) is 3.43. The zero-order valence-corrected chi connectivity index (χ0v) is 13.3. The average Bonchev–Trinajstić information content (AvgIpc) is 3.17. The average molecular weight is 303 g/mol. The van der Waals surface area contributed by atoms with Crippen LogP contribution in [0.1, 0.15) is 37.2 Å². The molecular formula is C16H25N5O. The molecule has 6 heteroatoms. The molecule has 0 saturated carbocycles. The molecule has 2 amide bonds. The number of carbonyl (C=O) groups excluding carboxylic acids is 1. The molecule has 0 bridgehead atoms. The molecule has 1 aromatic heterocycles. The number of nitrogens with zero attached hydrogens (tertiary/aromatic N) is 4. The number of urea groups is 1. The molecule has 2 aliphatic heterocycles. The molecule has 0 radical (unpaired) electrons. The van der Waals surface area contributed by atoms with E-state index in [0.29, 0.717) is 12.6 Å². The summed E-state index contributed by atoms with van der Waals surface area (Å²) >= 11 is 0. The Morgan fingerprint density at radius 3 is 2.91 bits per heavy atom. The Morgan fingerprint density at radius 2 is 2.14 bits per heavy atom. The molecule has 0 aliphatic carbocycles. The van der Waals surface area contributed by atoms with Crippen LogP contribution in [0.3, 0.4) is 0 Å². The Labute approximate surface area is 131 Å². The van der Waals surface area contributed by atoms with Crippen molar-refractivity contribution in [1.29, 1.82) is 0 Å². The standard InChI is InChI=1S/C16H25N5O/c1-13-17-7-6-14(19-13)11-18-16(22)21-10-4-5-15(21)12-20-8-2-3-9-20/h6-7,15H,2-5,8-12H2,1H3,(H,18,22)/t15-/m0/s1. The van der Waals surface area contributed by atoms with Gasteiger partial charge >= 0.3 is 6.03 Å². The van der Waals surface area contributed by atoms with Gasteiger partial charge in [0.1, 0.15) is 5.82 Å². The fourth-order valence-electron chi connectivity index (χ4n) is 3.43. The number of nitrogens with one attached hydrogen (secondary N) is 1. The Kier molecular flexibility index (Phi) is 4.87. The molecule has 3 heterocycles. The van der Waals surface area contributed by atoms with Gasteiger partial charge in [0, 0.05) is 25.3 Å². The number of amides is 2. The first-order valence-electron chi connectivity index (χ1n) is 8.28. The normalized spacial score (nSPS) is 22.2. The van der Waals surface area contributed by atoms with Crippen molar-refractivity contribution in [2.75, 3.05) is 26.2 Å². The number of hydrogen-bond donors (Lipinski definition) is 1. The van der Waals surface area contributed by atoms with Crippen molar-refractivity contribution >= 4 is 6.03 Å². The highest BCUT2D eigenvalue weighted by Crippen LogP contribution is 2.20. The zero-order valence-electron chi connectivity index (χ0n) is 13.3. The van der Waals surface area contributed by atoms with E-state index in [2.05, 4.69) is 20.2 Å². The van der Waals surface area contributed by atoms with E-state index in [4.69, 9.17) is 0 Å². The van der Waals surface area contributed by atoms with E-state index in [1.807, 2.05) is 17.9 Å². The summed E-state index contributed by atoms with van der Waals surface area (Å²) in [5, 5.41) is 3.00. The lowest BCUT2D eigenvalue weighted by atomic mass is 10.2. The van der Waals surface area contributed by atoms with Crippen LogP contribution in [0.5, 0.6) is 0 Å². The van der Waals surface area contributed by atoms with Gasteiger partial charge in [0.25, 0.3) is 0 Å². The van der Waals surface area contributed by atoms with E-state index < -0.39 is 0 Å². The molecule has 2 saturated heterocycles. The van der Waals surface area contributed by atoms with Crippen LogP contribution in [0.4, 0.5) is 4.79 Å². The molecule has 22 heavy (non-hydrogen) atoms. The Bertz CT molecular complexity index is 515. The van der Waals surface area contributed by atoms with Crippen molar-refractivity contribution in [3.05, 3.63) is 23.8 Å². The summed E-state index contributed by atoms with van der Waals surface area (Å²) in [5.41, 5.74) is 0.858. The number of aryl methyl sites for hydroxylation is 1. The van der Waals surface area contributed by atoms with Crippen LogP contribution in [0.15, 0.2) is 12.3 Å². The highest BCUT2D eigenvalue weighted by Gasteiger charge is 2.30. The molecule has 6 nitrogen and oxygen atoms in total. The summed E-state index contributed by atoms with van der Waals surface area (Å²) in [6.07, 6.45) is 6.56. The molecule has 2 aliphatic rings. The van der Waals surface area contributed by atoms with E-state index in [-0.39, 0.29) is 6.03 Å². The van der Waals surface area contributed by atoms with Crippen molar-refractivity contribution in [2.24, 2.45) is 0 Å². The number of aromatic nitrogens is 2. The first-order chi connectivity index (χ1) is 10.7. The summed E-state index contributed by atoms with van der Waals surface area (Å²) in [4.78, 5) is 25.3. The number of carbonyl (C=O) groups is 1. The quantitative estimate of drug-likeness (QED) is 0.917. The molecule has 0 unspecified atom stereocenters. The molecule has 0 spiro atoms. The lowest BCUT2D eigenvalue weighted by Crippen LogP contribution is -2.46. The number of rotatable bonds is 4. The summed E-state index contributed by atoms with van der Waals surface area (Å²) in [6, 6.07) is 2.25. The van der Waals surface area contributed by atoms with Crippen molar-refractivity contribution in [2.45, 2.75) is 45.2 Å². The third kappa shape index (κ3) is 3.74. The Balaban J connectivity index is 1.51. The molecule has 1 N–H and O–H groups in total. The maximum absolute atomic E-state index is 12.4. The van der Waals surface area contributed by atoms with Gasteiger partial charge in [0.15, 0.2) is 0 Å². The first-order valence-corrected chi connectivity index (χ1v) is 8.28. The van der Waals surface area contributed by atoms with Gasteiger partial charge in [-0.05, 0) is 51.8 Å². The van der Waals surface area contributed by atoms with E-state index in [1.165, 1.54) is 25.9 Å². The van der Waals surface area contributed by atoms with Crippen LogP contribution in [0.2, 0.25) is 0 Å². The van der Waals surface area contributed by atoms with Gasteiger partial charge < -0.3 is 15.1 Å². The van der Waals surface area contributed by atoms with Crippen LogP contribution >= 0.6 is 0 Å². The van der Waals surface area contributed by atoms with Crippen LogP contribution in [-0.2, 0) is 6.54 Å². The van der Waals surface area contributed by atoms with Crippen LogP contribution in [-0.4, -0.2) is 58.0 Å². The monoisotopic (exact) mass is 303 g/mol. The van der Waals surface area contributed by atoms with Gasteiger partial charge in [-0.15, -0.1) is 0 Å². The maximum Gasteiger partial charge on any atom is 0.318 e. The van der Waals surface area contributed by atoms with E-state index >= 15 is 0 Å². The molecule has 1 atom stereocenters. The van der Waals surface area contributed by atoms with Crippen molar-refractivity contribution in [1.82, 2.24) is 25.1 Å². The van der Waals surface area contributed by atoms with Gasteiger partial charge in [-0.2, -0.15) is 0 Å². The van der Waals surface area contributed by atoms with Crippen molar-refractivity contribution in [3.63, 3.8) is 0 Å². The SMILES string of the molecule is Cc1nccc(CNC(=O)N2CCC[C@H]2CN2CCCC2)n1. The van der Waals surface area contributed by atoms with E-state index in [9.17, 15) is 4.79 Å². The molecule has 2 fully saturated rings. The second kappa shape index (κ2) is 7.05. The van der Waals surface area contributed by atoms with Gasteiger partial charge in [-0.1, -0.05) is 0 Å². The highest BCUT2D eigenvalue weighted by atomic mass is 16.2. The summed E-state index contributed by atoms with van der Waals surface area (Å²) in [6.45, 7) is 6.60. The number of hydrogen-bond acceptors (Lipinski definition) is 4. The Hall–Kier alpha value is -1.69. The van der Waals surface area contributed by atoms with Gasteiger partial charge in [0.05, 0.1) is 12.2 Å². The van der Waals surface area contributed by atoms with Crippen LogP contribution in [0, 0.1) is 6.92 Å². The van der Waals surface area contributed by atoms with E-state index in [1.54, 1.807) is 6.20 Å².